The first-order valence-electron chi connectivity index (χ1n) is 10.0. The van der Waals surface area contributed by atoms with Gasteiger partial charge in [0.05, 0.1) is 17.2 Å². The van der Waals surface area contributed by atoms with Crippen LogP contribution in [0.2, 0.25) is 0 Å². The van der Waals surface area contributed by atoms with Crippen LogP contribution in [0.4, 0.5) is 0 Å². The normalized spacial score (nSPS) is 11.0. The van der Waals surface area contributed by atoms with Gasteiger partial charge in [-0.3, -0.25) is 9.55 Å². The summed E-state index contributed by atoms with van der Waals surface area (Å²) in [5.74, 6) is 2.83. The van der Waals surface area contributed by atoms with Gasteiger partial charge in [-0.1, -0.05) is 17.8 Å². The number of pyridine rings is 1. The first kappa shape index (κ1) is 20.5. The van der Waals surface area contributed by atoms with E-state index >= 15 is 0 Å². The summed E-state index contributed by atoms with van der Waals surface area (Å²) in [4.78, 5) is 9.74. The minimum Gasteiger partial charge on any atom is -0.494 e. The minimum atomic E-state index is 0.611. The van der Waals surface area contributed by atoms with E-state index in [-0.39, 0.29) is 0 Å². The van der Waals surface area contributed by atoms with Crippen molar-refractivity contribution in [2.75, 3.05) is 6.61 Å². The quantitative estimate of drug-likeness (QED) is 0.273. The SMILES string of the molecule is CCOc1ccc(-n2c(SCc3coc(-c4cccs4)n3)nnc2-c2ccncc2)cc1. The number of thioether (sulfide) groups is 1. The van der Waals surface area contributed by atoms with Gasteiger partial charge in [-0.2, -0.15) is 0 Å². The summed E-state index contributed by atoms with van der Waals surface area (Å²) >= 11 is 3.16. The van der Waals surface area contributed by atoms with Crippen LogP contribution in [0.5, 0.6) is 5.75 Å². The highest BCUT2D eigenvalue weighted by molar-refractivity contribution is 7.98. The van der Waals surface area contributed by atoms with Crippen molar-refractivity contribution < 1.29 is 9.15 Å². The summed E-state index contributed by atoms with van der Waals surface area (Å²) in [7, 11) is 0. The Morgan fingerprint density at radius 2 is 1.91 bits per heavy atom. The zero-order valence-corrected chi connectivity index (χ0v) is 18.8. The molecule has 0 aliphatic rings. The predicted octanol–water partition coefficient (Wildman–Crippen LogP) is 5.74. The van der Waals surface area contributed by atoms with Crippen LogP contribution in [0.25, 0.3) is 27.8 Å². The number of rotatable bonds is 8. The van der Waals surface area contributed by atoms with Crippen LogP contribution < -0.4 is 4.74 Å². The molecule has 0 aliphatic heterocycles. The molecule has 1 aromatic carbocycles. The highest BCUT2D eigenvalue weighted by Crippen LogP contribution is 2.31. The average molecular weight is 462 g/mol. The van der Waals surface area contributed by atoms with Crippen LogP contribution in [-0.2, 0) is 5.75 Å². The van der Waals surface area contributed by atoms with E-state index in [1.54, 1.807) is 41.8 Å². The molecule has 0 unspecified atom stereocenters. The number of aromatic nitrogens is 5. The van der Waals surface area contributed by atoms with E-state index in [0.29, 0.717) is 18.3 Å². The number of thiophene rings is 1. The molecule has 0 N–H and O–H groups in total. The summed E-state index contributed by atoms with van der Waals surface area (Å²) in [6.07, 6.45) is 5.20. The molecule has 160 valence electrons. The van der Waals surface area contributed by atoms with Crippen LogP contribution in [-0.4, -0.2) is 31.3 Å². The van der Waals surface area contributed by atoms with E-state index in [1.807, 2.05) is 65.4 Å². The van der Waals surface area contributed by atoms with Gasteiger partial charge in [0.15, 0.2) is 11.0 Å². The molecule has 0 bridgehead atoms. The smallest absolute Gasteiger partial charge is 0.236 e. The van der Waals surface area contributed by atoms with Crippen molar-refractivity contribution in [3.8, 4) is 33.6 Å². The molecule has 0 spiro atoms. The average Bonchev–Trinajstić information content (AvgIpc) is 3.59. The van der Waals surface area contributed by atoms with Gasteiger partial charge in [-0.25, -0.2) is 4.98 Å². The van der Waals surface area contributed by atoms with Gasteiger partial charge in [0, 0.05) is 29.4 Å². The van der Waals surface area contributed by atoms with Crippen molar-refractivity contribution in [1.82, 2.24) is 24.7 Å². The van der Waals surface area contributed by atoms with E-state index in [0.717, 1.165) is 38.6 Å². The van der Waals surface area contributed by atoms with Crippen LogP contribution in [0.1, 0.15) is 12.6 Å². The van der Waals surface area contributed by atoms with Gasteiger partial charge in [-0.15, -0.1) is 21.5 Å². The molecular weight excluding hydrogens is 442 g/mol. The summed E-state index contributed by atoms with van der Waals surface area (Å²) < 4.78 is 13.3. The van der Waals surface area contributed by atoms with E-state index in [4.69, 9.17) is 9.15 Å². The second-order valence-electron chi connectivity index (χ2n) is 6.71. The first-order valence-corrected chi connectivity index (χ1v) is 11.9. The summed E-state index contributed by atoms with van der Waals surface area (Å²) in [6.45, 7) is 2.60. The highest BCUT2D eigenvalue weighted by atomic mass is 32.2. The second kappa shape index (κ2) is 9.37. The van der Waals surface area contributed by atoms with Crippen LogP contribution >= 0.6 is 23.1 Å². The Morgan fingerprint density at radius 3 is 2.66 bits per heavy atom. The Balaban J connectivity index is 1.45. The molecule has 32 heavy (non-hydrogen) atoms. The Morgan fingerprint density at radius 1 is 1.06 bits per heavy atom. The molecule has 7 nitrogen and oxygen atoms in total. The fourth-order valence-corrected chi connectivity index (χ4v) is 4.65. The van der Waals surface area contributed by atoms with E-state index in [1.165, 1.54) is 0 Å². The van der Waals surface area contributed by atoms with Gasteiger partial charge < -0.3 is 9.15 Å². The van der Waals surface area contributed by atoms with Crippen molar-refractivity contribution in [2.45, 2.75) is 17.8 Å². The van der Waals surface area contributed by atoms with Gasteiger partial charge in [0.25, 0.3) is 0 Å². The maximum absolute atomic E-state index is 5.65. The molecule has 9 heteroatoms. The lowest BCUT2D eigenvalue weighted by Crippen LogP contribution is -2.00. The third-order valence-corrected chi connectivity index (χ3v) is 6.43. The topological polar surface area (TPSA) is 78.9 Å². The van der Waals surface area contributed by atoms with Gasteiger partial charge in [-0.05, 0) is 54.8 Å². The summed E-state index contributed by atoms with van der Waals surface area (Å²) in [5, 5.41) is 11.7. The van der Waals surface area contributed by atoms with Crippen molar-refractivity contribution in [1.29, 1.82) is 0 Å². The van der Waals surface area contributed by atoms with Gasteiger partial charge >= 0.3 is 0 Å². The van der Waals surface area contributed by atoms with Crippen molar-refractivity contribution >= 4 is 23.1 Å². The van der Waals surface area contributed by atoms with Crippen LogP contribution in [0.3, 0.4) is 0 Å². The molecule has 5 rings (SSSR count). The maximum atomic E-state index is 5.65. The molecular formula is C23H19N5O2S2. The third-order valence-electron chi connectivity index (χ3n) is 4.61. The van der Waals surface area contributed by atoms with E-state index in [9.17, 15) is 0 Å². The standard InChI is InChI=1S/C23H19N5O2S2/c1-2-29-19-7-5-18(6-8-19)28-21(16-9-11-24-12-10-16)26-27-23(28)32-15-17-14-30-22(25-17)20-4-3-13-31-20/h3-14H,2,15H2,1H3. The predicted molar refractivity (Wildman–Crippen MR) is 125 cm³/mol. The Kier molecular flexibility index (Phi) is 6.00. The Hall–Kier alpha value is -3.43. The molecule has 0 atom stereocenters. The zero-order valence-electron chi connectivity index (χ0n) is 17.2. The van der Waals surface area contributed by atoms with Gasteiger partial charge in [0.2, 0.25) is 5.89 Å². The Labute approximate surface area is 193 Å². The Bertz CT molecular complexity index is 1280. The molecule has 4 aromatic heterocycles. The molecule has 0 fully saturated rings. The zero-order chi connectivity index (χ0) is 21.8. The minimum absolute atomic E-state index is 0.611. The lowest BCUT2D eigenvalue weighted by Gasteiger charge is -2.11. The lowest BCUT2D eigenvalue weighted by atomic mass is 10.2. The van der Waals surface area contributed by atoms with Crippen molar-refractivity contribution in [3.63, 3.8) is 0 Å². The monoisotopic (exact) mass is 461 g/mol. The highest BCUT2D eigenvalue weighted by Gasteiger charge is 2.17. The van der Waals surface area contributed by atoms with Crippen LogP contribution in [0, 0.1) is 0 Å². The molecule has 0 saturated carbocycles. The lowest BCUT2D eigenvalue weighted by molar-refractivity contribution is 0.340. The second-order valence-corrected chi connectivity index (χ2v) is 8.60. The molecule has 5 aromatic rings. The number of oxazole rings is 1. The van der Waals surface area contributed by atoms with Crippen molar-refractivity contribution in [3.05, 3.63) is 78.3 Å². The number of nitrogens with zero attached hydrogens (tertiary/aromatic N) is 5. The molecule has 0 amide bonds. The summed E-state index contributed by atoms with van der Waals surface area (Å²) in [5.41, 5.74) is 2.74. The number of hydrogen-bond donors (Lipinski definition) is 0. The summed E-state index contributed by atoms with van der Waals surface area (Å²) in [6, 6.07) is 15.8. The molecule has 0 saturated heterocycles. The molecule has 4 heterocycles. The number of hydrogen-bond acceptors (Lipinski definition) is 8. The fraction of sp³-hybridized carbons (Fsp3) is 0.130. The third kappa shape index (κ3) is 4.30. The van der Waals surface area contributed by atoms with E-state index < -0.39 is 0 Å². The number of benzene rings is 1. The van der Waals surface area contributed by atoms with E-state index in [2.05, 4.69) is 20.2 Å². The maximum Gasteiger partial charge on any atom is 0.236 e. The number of ether oxygens (including phenoxy) is 1. The fourth-order valence-electron chi connectivity index (χ4n) is 3.17. The van der Waals surface area contributed by atoms with Crippen molar-refractivity contribution in [2.24, 2.45) is 0 Å². The molecule has 0 aliphatic carbocycles. The largest absolute Gasteiger partial charge is 0.494 e. The molecule has 0 radical (unpaired) electrons. The van der Waals surface area contributed by atoms with Crippen LogP contribution in [0.15, 0.2) is 82.1 Å². The van der Waals surface area contributed by atoms with Gasteiger partial charge in [0.1, 0.15) is 12.0 Å². The first-order chi connectivity index (χ1) is 15.8.